The predicted octanol–water partition coefficient (Wildman–Crippen LogP) is 1.05. The maximum absolute atomic E-state index is 10.5. The van der Waals surface area contributed by atoms with Crippen LogP contribution in [0.2, 0.25) is 0 Å². The molecule has 1 saturated heterocycles. The van der Waals surface area contributed by atoms with Crippen molar-refractivity contribution in [1.29, 1.82) is 0 Å². The fourth-order valence-corrected chi connectivity index (χ4v) is 2.60. The normalized spacial score (nSPS) is 19.5. The Bertz CT molecular complexity index is 425. The zero-order chi connectivity index (χ0) is 13.8. The number of likely N-dealkylation sites (tertiary alicyclic amines) is 1. The summed E-state index contributed by atoms with van der Waals surface area (Å²) in [4.78, 5) is 12.8. The maximum Gasteiger partial charge on any atom is 0.329 e. The molecular formula is C13H21N3O3. The molecule has 0 spiro atoms. The number of carboxylic acid groups (broad SMARTS) is 1. The van der Waals surface area contributed by atoms with Gasteiger partial charge in [-0.05, 0) is 25.8 Å². The van der Waals surface area contributed by atoms with Crippen LogP contribution in [0, 0.1) is 0 Å². The molecule has 106 valence electrons. The van der Waals surface area contributed by atoms with Gasteiger partial charge in [0, 0.05) is 32.4 Å². The molecule has 1 fully saturated rings. The Labute approximate surface area is 113 Å². The van der Waals surface area contributed by atoms with Crippen molar-refractivity contribution in [3.63, 3.8) is 0 Å². The highest BCUT2D eigenvalue weighted by Gasteiger charge is 2.25. The monoisotopic (exact) mass is 267 g/mol. The maximum atomic E-state index is 10.5. The minimum absolute atomic E-state index is 0.0751. The van der Waals surface area contributed by atoms with Gasteiger partial charge in [0.05, 0.1) is 11.8 Å². The predicted molar refractivity (Wildman–Crippen MR) is 69.8 cm³/mol. The van der Waals surface area contributed by atoms with Crippen LogP contribution in [-0.2, 0) is 16.6 Å². The molecule has 0 aliphatic carbocycles. The van der Waals surface area contributed by atoms with Crippen LogP contribution in [0.4, 0.5) is 0 Å². The van der Waals surface area contributed by atoms with Crippen molar-refractivity contribution in [2.45, 2.75) is 31.9 Å². The SMILES string of the molecule is CC(c1ccnn1C)N1CCC(OCC(=O)O)CC1. The lowest BCUT2D eigenvalue weighted by atomic mass is 10.0. The Morgan fingerprint density at radius 1 is 1.58 bits per heavy atom. The summed E-state index contributed by atoms with van der Waals surface area (Å²) < 4.78 is 7.24. The summed E-state index contributed by atoms with van der Waals surface area (Å²) in [5, 5.41) is 12.8. The van der Waals surface area contributed by atoms with Gasteiger partial charge in [0.2, 0.25) is 0 Å². The number of rotatable bonds is 5. The quantitative estimate of drug-likeness (QED) is 0.863. The van der Waals surface area contributed by atoms with Crippen LogP contribution in [0.3, 0.4) is 0 Å². The highest BCUT2D eigenvalue weighted by Crippen LogP contribution is 2.24. The van der Waals surface area contributed by atoms with Crippen LogP contribution in [-0.4, -0.2) is 51.6 Å². The number of nitrogens with zero attached hydrogens (tertiary/aromatic N) is 3. The van der Waals surface area contributed by atoms with E-state index in [9.17, 15) is 4.79 Å². The second-order valence-corrected chi connectivity index (χ2v) is 5.00. The number of aromatic nitrogens is 2. The summed E-state index contributed by atoms with van der Waals surface area (Å²) in [5.74, 6) is -0.898. The average molecular weight is 267 g/mol. The van der Waals surface area contributed by atoms with Crippen molar-refractivity contribution in [1.82, 2.24) is 14.7 Å². The molecule has 1 aliphatic rings. The Hall–Kier alpha value is -1.40. The van der Waals surface area contributed by atoms with E-state index in [2.05, 4.69) is 16.9 Å². The van der Waals surface area contributed by atoms with Crippen molar-refractivity contribution in [2.24, 2.45) is 7.05 Å². The first-order valence-corrected chi connectivity index (χ1v) is 6.63. The van der Waals surface area contributed by atoms with Crippen molar-refractivity contribution in [3.05, 3.63) is 18.0 Å². The number of aryl methyl sites for hydroxylation is 1. The molecule has 1 aliphatic heterocycles. The van der Waals surface area contributed by atoms with E-state index in [0.717, 1.165) is 25.9 Å². The number of carbonyl (C=O) groups is 1. The van der Waals surface area contributed by atoms with Crippen molar-refractivity contribution >= 4 is 5.97 Å². The fourth-order valence-electron chi connectivity index (χ4n) is 2.60. The zero-order valence-electron chi connectivity index (χ0n) is 11.5. The topological polar surface area (TPSA) is 67.6 Å². The number of piperidine rings is 1. The summed E-state index contributed by atoms with van der Waals surface area (Å²) in [6, 6.07) is 2.37. The molecular weight excluding hydrogens is 246 g/mol. The van der Waals surface area contributed by atoms with Crippen LogP contribution in [0.5, 0.6) is 0 Å². The molecule has 6 nitrogen and oxygen atoms in total. The summed E-state index contributed by atoms with van der Waals surface area (Å²) in [7, 11) is 1.95. The summed E-state index contributed by atoms with van der Waals surface area (Å²) in [6.07, 6.45) is 3.66. The zero-order valence-corrected chi connectivity index (χ0v) is 11.5. The summed E-state index contributed by atoms with van der Waals surface area (Å²) >= 11 is 0. The lowest BCUT2D eigenvalue weighted by Crippen LogP contribution is -2.39. The number of carboxylic acids is 1. The van der Waals surface area contributed by atoms with E-state index >= 15 is 0 Å². The molecule has 0 amide bonds. The second kappa shape index (κ2) is 6.16. The number of ether oxygens (including phenoxy) is 1. The molecule has 2 heterocycles. The van der Waals surface area contributed by atoms with Gasteiger partial charge in [-0.1, -0.05) is 0 Å². The van der Waals surface area contributed by atoms with Gasteiger partial charge in [0.1, 0.15) is 6.61 Å². The lowest BCUT2D eigenvalue weighted by molar-refractivity contribution is -0.145. The number of hydrogen-bond donors (Lipinski definition) is 1. The Morgan fingerprint density at radius 3 is 2.79 bits per heavy atom. The van der Waals surface area contributed by atoms with Crippen LogP contribution in [0.15, 0.2) is 12.3 Å². The number of hydrogen-bond acceptors (Lipinski definition) is 4. The molecule has 19 heavy (non-hydrogen) atoms. The van der Waals surface area contributed by atoms with Crippen LogP contribution in [0.25, 0.3) is 0 Å². The Balaban J connectivity index is 1.83. The van der Waals surface area contributed by atoms with E-state index < -0.39 is 5.97 Å². The molecule has 0 saturated carbocycles. The van der Waals surface area contributed by atoms with Gasteiger partial charge in [0.15, 0.2) is 0 Å². The number of aliphatic carboxylic acids is 1. The summed E-state index contributed by atoms with van der Waals surface area (Å²) in [6.45, 7) is 3.84. The first-order valence-electron chi connectivity index (χ1n) is 6.63. The second-order valence-electron chi connectivity index (χ2n) is 5.00. The standard InChI is InChI=1S/C13H21N3O3/c1-10(12-3-6-14-15(12)2)16-7-4-11(5-8-16)19-9-13(17)18/h3,6,10-11H,4-5,7-9H2,1-2H3,(H,17,18). The highest BCUT2D eigenvalue weighted by atomic mass is 16.5. The van der Waals surface area contributed by atoms with Crippen LogP contribution in [0.1, 0.15) is 31.5 Å². The molecule has 2 rings (SSSR count). The third-order valence-electron chi connectivity index (χ3n) is 3.75. The van der Waals surface area contributed by atoms with Crippen molar-refractivity contribution in [3.8, 4) is 0 Å². The molecule has 1 unspecified atom stereocenters. The third-order valence-corrected chi connectivity index (χ3v) is 3.75. The van der Waals surface area contributed by atoms with Gasteiger partial charge >= 0.3 is 5.97 Å². The molecule has 6 heteroatoms. The fraction of sp³-hybridized carbons (Fsp3) is 0.692. The Morgan fingerprint density at radius 2 is 2.26 bits per heavy atom. The van der Waals surface area contributed by atoms with Gasteiger partial charge < -0.3 is 9.84 Å². The molecule has 1 N–H and O–H groups in total. The van der Waals surface area contributed by atoms with Gasteiger partial charge in [-0.25, -0.2) is 4.79 Å². The van der Waals surface area contributed by atoms with E-state index in [1.165, 1.54) is 5.69 Å². The van der Waals surface area contributed by atoms with Crippen LogP contribution >= 0.6 is 0 Å². The third kappa shape index (κ3) is 3.54. The van der Waals surface area contributed by atoms with E-state index in [1.807, 2.05) is 24.0 Å². The van der Waals surface area contributed by atoms with Gasteiger partial charge in [-0.2, -0.15) is 5.10 Å². The largest absolute Gasteiger partial charge is 0.480 e. The van der Waals surface area contributed by atoms with Gasteiger partial charge in [0.25, 0.3) is 0 Å². The molecule has 0 aromatic carbocycles. The minimum atomic E-state index is -0.898. The summed E-state index contributed by atoms with van der Waals surface area (Å²) in [5.41, 5.74) is 1.20. The van der Waals surface area contributed by atoms with E-state index in [0.29, 0.717) is 6.04 Å². The van der Waals surface area contributed by atoms with Crippen molar-refractivity contribution in [2.75, 3.05) is 19.7 Å². The molecule has 0 bridgehead atoms. The van der Waals surface area contributed by atoms with Crippen LogP contribution < -0.4 is 0 Å². The van der Waals surface area contributed by atoms with E-state index in [-0.39, 0.29) is 12.7 Å². The molecule has 1 aromatic rings. The highest BCUT2D eigenvalue weighted by molar-refractivity contribution is 5.68. The average Bonchev–Trinajstić information content (AvgIpc) is 2.82. The minimum Gasteiger partial charge on any atom is -0.480 e. The molecule has 1 atom stereocenters. The van der Waals surface area contributed by atoms with Crippen molar-refractivity contribution < 1.29 is 14.6 Å². The van der Waals surface area contributed by atoms with Gasteiger partial charge in [-0.15, -0.1) is 0 Å². The first-order chi connectivity index (χ1) is 9.08. The van der Waals surface area contributed by atoms with E-state index in [1.54, 1.807) is 0 Å². The molecule has 1 aromatic heterocycles. The Kier molecular flexibility index (Phi) is 4.55. The smallest absolute Gasteiger partial charge is 0.329 e. The lowest BCUT2D eigenvalue weighted by Gasteiger charge is -2.35. The van der Waals surface area contributed by atoms with Gasteiger partial charge in [-0.3, -0.25) is 9.58 Å². The first kappa shape index (κ1) is 14.0. The van der Waals surface area contributed by atoms with E-state index in [4.69, 9.17) is 9.84 Å². The molecule has 0 radical (unpaired) electrons.